The van der Waals surface area contributed by atoms with Crippen LogP contribution < -0.4 is 5.32 Å². The molecule has 0 aromatic carbocycles. The number of nitrogens with zero attached hydrogens (tertiary/aromatic N) is 1. The summed E-state index contributed by atoms with van der Waals surface area (Å²) in [4.78, 5) is 2.67. The lowest BCUT2D eigenvalue weighted by molar-refractivity contribution is 0.135. The molecule has 0 unspecified atom stereocenters. The maximum atomic E-state index is 3.57. The first kappa shape index (κ1) is 15.0. The standard InChI is InChI=1S/C15H32N2/c1-12(2)16-10-15(5,6)11-17(13(3)4)9-14-7-8-14/h12-14,16H,7-11H2,1-6H3. The van der Waals surface area contributed by atoms with Crippen LogP contribution in [0.2, 0.25) is 0 Å². The lowest BCUT2D eigenvalue weighted by atomic mass is 9.91. The minimum Gasteiger partial charge on any atom is -0.314 e. The Labute approximate surface area is 108 Å². The van der Waals surface area contributed by atoms with E-state index in [1.807, 2.05) is 0 Å². The third-order valence-electron chi connectivity index (χ3n) is 3.54. The van der Waals surface area contributed by atoms with Crippen LogP contribution in [0.5, 0.6) is 0 Å². The molecule has 0 radical (unpaired) electrons. The van der Waals surface area contributed by atoms with Crippen LogP contribution >= 0.6 is 0 Å². The Bertz CT molecular complexity index is 217. The number of rotatable bonds is 8. The Hall–Kier alpha value is -0.0800. The van der Waals surface area contributed by atoms with E-state index in [9.17, 15) is 0 Å². The Morgan fingerprint density at radius 1 is 1.18 bits per heavy atom. The van der Waals surface area contributed by atoms with Gasteiger partial charge in [-0.1, -0.05) is 27.7 Å². The van der Waals surface area contributed by atoms with E-state index in [2.05, 4.69) is 51.8 Å². The van der Waals surface area contributed by atoms with Crippen molar-refractivity contribution in [3.05, 3.63) is 0 Å². The van der Waals surface area contributed by atoms with Gasteiger partial charge in [-0.05, 0) is 38.0 Å². The van der Waals surface area contributed by atoms with Crippen molar-refractivity contribution in [2.24, 2.45) is 11.3 Å². The first-order chi connectivity index (χ1) is 7.80. The molecule has 1 fully saturated rings. The van der Waals surface area contributed by atoms with Crippen molar-refractivity contribution < 1.29 is 0 Å². The van der Waals surface area contributed by atoms with Crippen LogP contribution in [-0.2, 0) is 0 Å². The predicted octanol–water partition coefficient (Wildman–Crippen LogP) is 3.13. The van der Waals surface area contributed by atoms with Gasteiger partial charge >= 0.3 is 0 Å². The van der Waals surface area contributed by atoms with Gasteiger partial charge in [0.25, 0.3) is 0 Å². The molecule has 1 saturated carbocycles. The van der Waals surface area contributed by atoms with E-state index in [4.69, 9.17) is 0 Å². The van der Waals surface area contributed by atoms with Crippen molar-refractivity contribution in [2.45, 2.75) is 66.5 Å². The molecule has 1 aliphatic rings. The van der Waals surface area contributed by atoms with Gasteiger partial charge in [0.05, 0.1) is 0 Å². The molecule has 0 atom stereocenters. The molecular weight excluding hydrogens is 208 g/mol. The zero-order chi connectivity index (χ0) is 13.1. The average Bonchev–Trinajstić information content (AvgIpc) is 2.97. The second-order valence-electron chi connectivity index (χ2n) is 7.17. The van der Waals surface area contributed by atoms with Crippen LogP contribution in [0.3, 0.4) is 0 Å². The summed E-state index contributed by atoms with van der Waals surface area (Å²) in [7, 11) is 0. The molecule has 0 amide bonds. The molecule has 2 nitrogen and oxygen atoms in total. The largest absolute Gasteiger partial charge is 0.314 e. The highest BCUT2D eigenvalue weighted by Gasteiger charge is 2.29. The molecule has 0 aromatic rings. The van der Waals surface area contributed by atoms with Gasteiger partial charge in [-0.2, -0.15) is 0 Å². The second kappa shape index (κ2) is 6.19. The summed E-state index contributed by atoms with van der Waals surface area (Å²) >= 11 is 0. The summed E-state index contributed by atoms with van der Waals surface area (Å²) in [6.07, 6.45) is 2.90. The van der Waals surface area contributed by atoms with E-state index in [-0.39, 0.29) is 0 Å². The van der Waals surface area contributed by atoms with E-state index in [1.54, 1.807) is 0 Å². The first-order valence-corrected chi connectivity index (χ1v) is 7.27. The molecule has 0 aromatic heterocycles. The van der Waals surface area contributed by atoms with Crippen LogP contribution in [0, 0.1) is 11.3 Å². The SMILES string of the molecule is CC(C)NCC(C)(C)CN(CC1CC1)C(C)C. The van der Waals surface area contributed by atoms with Gasteiger partial charge in [-0.3, -0.25) is 0 Å². The molecule has 0 spiro atoms. The third-order valence-corrected chi connectivity index (χ3v) is 3.54. The van der Waals surface area contributed by atoms with Gasteiger partial charge < -0.3 is 10.2 Å². The van der Waals surface area contributed by atoms with Gasteiger partial charge in [0.2, 0.25) is 0 Å². The molecule has 1 aliphatic carbocycles. The average molecular weight is 240 g/mol. The topological polar surface area (TPSA) is 15.3 Å². The van der Waals surface area contributed by atoms with E-state index in [1.165, 1.54) is 25.9 Å². The molecule has 1 N–H and O–H groups in total. The van der Waals surface area contributed by atoms with Crippen LogP contribution in [0.25, 0.3) is 0 Å². The second-order valence-corrected chi connectivity index (χ2v) is 7.17. The molecule has 17 heavy (non-hydrogen) atoms. The van der Waals surface area contributed by atoms with Crippen molar-refractivity contribution in [3.8, 4) is 0 Å². The normalized spacial score (nSPS) is 17.5. The minimum atomic E-state index is 0.365. The lowest BCUT2D eigenvalue weighted by Gasteiger charge is -2.36. The lowest BCUT2D eigenvalue weighted by Crippen LogP contribution is -2.45. The molecule has 0 saturated heterocycles. The number of hydrogen-bond donors (Lipinski definition) is 1. The highest BCUT2D eigenvalue weighted by atomic mass is 15.2. The zero-order valence-electron chi connectivity index (χ0n) is 12.7. The van der Waals surface area contributed by atoms with Crippen LogP contribution in [0.15, 0.2) is 0 Å². The van der Waals surface area contributed by atoms with Gasteiger partial charge in [-0.25, -0.2) is 0 Å². The van der Waals surface area contributed by atoms with Gasteiger partial charge in [0.1, 0.15) is 0 Å². The molecule has 0 heterocycles. The van der Waals surface area contributed by atoms with Crippen molar-refractivity contribution in [2.75, 3.05) is 19.6 Å². The van der Waals surface area contributed by atoms with E-state index in [0.29, 0.717) is 17.5 Å². The molecule has 102 valence electrons. The Kier molecular flexibility index (Phi) is 5.46. The van der Waals surface area contributed by atoms with Crippen LogP contribution in [0.4, 0.5) is 0 Å². The smallest absolute Gasteiger partial charge is 0.00477 e. The molecule has 1 rings (SSSR count). The predicted molar refractivity (Wildman–Crippen MR) is 76.4 cm³/mol. The zero-order valence-corrected chi connectivity index (χ0v) is 12.7. The van der Waals surface area contributed by atoms with E-state index >= 15 is 0 Å². The quantitative estimate of drug-likeness (QED) is 0.701. The van der Waals surface area contributed by atoms with Crippen molar-refractivity contribution in [1.82, 2.24) is 10.2 Å². The van der Waals surface area contributed by atoms with Crippen molar-refractivity contribution >= 4 is 0 Å². The Morgan fingerprint density at radius 2 is 1.76 bits per heavy atom. The van der Waals surface area contributed by atoms with Gasteiger partial charge in [0, 0.05) is 31.7 Å². The minimum absolute atomic E-state index is 0.365. The summed E-state index contributed by atoms with van der Waals surface area (Å²) in [5.74, 6) is 0.992. The van der Waals surface area contributed by atoms with Crippen molar-refractivity contribution in [3.63, 3.8) is 0 Å². The van der Waals surface area contributed by atoms with Crippen molar-refractivity contribution in [1.29, 1.82) is 0 Å². The summed E-state index contributed by atoms with van der Waals surface area (Å²) in [5, 5.41) is 3.57. The van der Waals surface area contributed by atoms with Crippen LogP contribution in [-0.4, -0.2) is 36.6 Å². The number of nitrogens with one attached hydrogen (secondary N) is 1. The molecule has 0 bridgehead atoms. The van der Waals surface area contributed by atoms with Gasteiger partial charge in [-0.15, -0.1) is 0 Å². The fourth-order valence-corrected chi connectivity index (χ4v) is 2.18. The summed E-state index contributed by atoms with van der Waals surface area (Å²) in [5.41, 5.74) is 0.365. The fraction of sp³-hybridized carbons (Fsp3) is 1.00. The summed E-state index contributed by atoms with van der Waals surface area (Å²) in [6.45, 7) is 17.5. The maximum absolute atomic E-state index is 3.57. The molecule has 0 aliphatic heterocycles. The summed E-state index contributed by atoms with van der Waals surface area (Å²) < 4.78 is 0. The Balaban J connectivity index is 2.39. The number of hydrogen-bond acceptors (Lipinski definition) is 2. The van der Waals surface area contributed by atoms with Crippen LogP contribution in [0.1, 0.15) is 54.4 Å². The molecular formula is C15H32N2. The maximum Gasteiger partial charge on any atom is 0.00477 e. The molecule has 2 heteroatoms. The first-order valence-electron chi connectivity index (χ1n) is 7.27. The third kappa shape index (κ3) is 6.42. The highest BCUT2D eigenvalue weighted by Crippen LogP contribution is 2.31. The van der Waals surface area contributed by atoms with Gasteiger partial charge in [0.15, 0.2) is 0 Å². The van der Waals surface area contributed by atoms with E-state index < -0.39 is 0 Å². The summed E-state index contributed by atoms with van der Waals surface area (Å²) in [6, 6.07) is 1.26. The monoisotopic (exact) mass is 240 g/mol. The Morgan fingerprint density at radius 3 is 2.18 bits per heavy atom. The highest BCUT2D eigenvalue weighted by molar-refractivity contribution is 4.83. The fourth-order valence-electron chi connectivity index (χ4n) is 2.18. The van der Waals surface area contributed by atoms with E-state index in [0.717, 1.165) is 12.5 Å².